The molecule has 0 radical (unpaired) electrons. The van der Waals surface area contributed by atoms with E-state index >= 15 is 0 Å². The molecule has 8 heteroatoms. The van der Waals surface area contributed by atoms with E-state index in [1.165, 1.54) is 0 Å². The Morgan fingerprint density at radius 2 is 2.35 bits per heavy atom. The van der Waals surface area contributed by atoms with Gasteiger partial charge in [-0.25, -0.2) is 4.98 Å². The van der Waals surface area contributed by atoms with Crippen LogP contribution in [0.5, 0.6) is 0 Å². The molecule has 8 nitrogen and oxygen atoms in total. The summed E-state index contributed by atoms with van der Waals surface area (Å²) < 4.78 is 6.65. The SMILES string of the molecule is COCCn1cc(NC(=O)c2n[nH]c(C(C)C)n2)cn1. The van der Waals surface area contributed by atoms with E-state index < -0.39 is 0 Å². The molecule has 0 saturated heterocycles. The third-order valence-electron chi connectivity index (χ3n) is 2.67. The van der Waals surface area contributed by atoms with Gasteiger partial charge in [0, 0.05) is 19.2 Å². The van der Waals surface area contributed by atoms with Crippen LogP contribution in [0.3, 0.4) is 0 Å². The summed E-state index contributed by atoms with van der Waals surface area (Å²) in [5.41, 5.74) is 0.599. The smallest absolute Gasteiger partial charge is 0.295 e. The molecule has 2 N–H and O–H groups in total. The molecule has 0 unspecified atom stereocenters. The molecule has 108 valence electrons. The van der Waals surface area contributed by atoms with Gasteiger partial charge in [-0.3, -0.25) is 14.6 Å². The first-order valence-corrected chi connectivity index (χ1v) is 6.35. The van der Waals surface area contributed by atoms with Crippen molar-refractivity contribution >= 4 is 11.6 Å². The molecule has 0 aliphatic rings. The summed E-state index contributed by atoms with van der Waals surface area (Å²) in [7, 11) is 1.63. The number of H-pyrrole nitrogens is 1. The predicted molar refractivity (Wildman–Crippen MR) is 72.5 cm³/mol. The first kappa shape index (κ1) is 14.2. The van der Waals surface area contributed by atoms with Gasteiger partial charge < -0.3 is 10.1 Å². The number of carbonyl (C=O) groups is 1. The summed E-state index contributed by atoms with van der Waals surface area (Å²) in [6, 6.07) is 0. The zero-order valence-corrected chi connectivity index (χ0v) is 11.8. The Hall–Kier alpha value is -2.22. The van der Waals surface area contributed by atoms with Crippen LogP contribution >= 0.6 is 0 Å². The molecule has 0 aromatic carbocycles. The summed E-state index contributed by atoms with van der Waals surface area (Å²) in [4.78, 5) is 16.1. The molecule has 2 aromatic heterocycles. The number of methoxy groups -OCH3 is 1. The van der Waals surface area contributed by atoms with E-state index in [2.05, 4.69) is 25.6 Å². The Balaban J connectivity index is 1.98. The standard InChI is InChI=1S/C12H18N6O2/c1-8(2)10-15-11(17-16-10)12(19)14-9-6-13-18(7-9)4-5-20-3/h6-8H,4-5H2,1-3H3,(H,14,19)(H,15,16,17). The van der Waals surface area contributed by atoms with Crippen LogP contribution in [-0.4, -0.2) is 44.6 Å². The third-order valence-corrected chi connectivity index (χ3v) is 2.67. The van der Waals surface area contributed by atoms with Gasteiger partial charge in [-0.1, -0.05) is 13.8 Å². The second-order valence-electron chi connectivity index (χ2n) is 4.64. The lowest BCUT2D eigenvalue weighted by Gasteiger charge is -1.99. The average Bonchev–Trinajstić information content (AvgIpc) is 3.05. The van der Waals surface area contributed by atoms with Crippen LogP contribution < -0.4 is 5.32 Å². The fourth-order valence-electron chi connectivity index (χ4n) is 1.56. The number of nitrogens with one attached hydrogen (secondary N) is 2. The van der Waals surface area contributed by atoms with Crippen molar-refractivity contribution in [1.82, 2.24) is 25.0 Å². The fraction of sp³-hybridized carbons (Fsp3) is 0.500. The van der Waals surface area contributed by atoms with Crippen molar-refractivity contribution in [2.75, 3.05) is 19.0 Å². The molecule has 0 fully saturated rings. The molecule has 0 saturated carbocycles. The highest BCUT2D eigenvalue weighted by Gasteiger charge is 2.14. The fourth-order valence-corrected chi connectivity index (χ4v) is 1.56. The molecule has 2 rings (SSSR count). The molecular weight excluding hydrogens is 260 g/mol. The van der Waals surface area contributed by atoms with Gasteiger partial charge in [0.2, 0.25) is 5.82 Å². The summed E-state index contributed by atoms with van der Waals surface area (Å²) >= 11 is 0. The number of anilines is 1. The number of hydrogen-bond donors (Lipinski definition) is 2. The highest BCUT2D eigenvalue weighted by atomic mass is 16.5. The van der Waals surface area contributed by atoms with Crippen molar-refractivity contribution in [3.63, 3.8) is 0 Å². The lowest BCUT2D eigenvalue weighted by atomic mass is 10.2. The number of aromatic amines is 1. The Morgan fingerprint density at radius 3 is 3.00 bits per heavy atom. The quantitative estimate of drug-likeness (QED) is 0.822. The molecule has 2 heterocycles. The Bertz CT molecular complexity index is 574. The number of carbonyl (C=O) groups excluding carboxylic acids is 1. The second-order valence-corrected chi connectivity index (χ2v) is 4.64. The maximum Gasteiger partial charge on any atom is 0.295 e. The Kier molecular flexibility index (Phi) is 4.46. The maximum absolute atomic E-state index is 12.0. The van der Waals surface area contributed by atoms with Crippen molar-refractivity contribution in [3.8, 4) is 0 Å². The van der Waals surface area contributed by atoms with Crippen molar-refractivity contribution in [2.45, 2.75) is 26.3 Å². The zero-order chi connectivity index (χ0) is 14.5. The predicted octanol–water partition coefficient (Wildman–Crippen LogP) is 1.02. The monoisotopic (exact) mass is 278 g/mol. The molecule has 2 aromatic rings. The van der Waals surface area contributed by atoms with Crippen LogP contribution in [0.15, 0.2) is 12.4 Å². The molecular formula is C12H18N6O2. The number of nitrogens with zero attached hydrogens (tertiary/aromatic N) is 4. The summed E-state index contributed by atoms with van der Waals surface area (Å²) in [5.74, 6) is 0.643. The van der Waals surface area contributed by atoms with Gasteiger partial charge in [0.15, 0.2) is 0 Å². The molecule has 1 amide bonds. The molecule has 0 aliphatic heterocycles. The summed E-state index contributed by atoms with van der Waals surface area (Å²) in [5, 5.41) is 13.4. The van der Waals surface area contributed by atoms with Crippen LogP contribution in [0, 0.1) is 0 Å². The van der Waals surface area contributed by atoms with Crippen LogP contribution in [0.4, 0.5) is 5.69 Å². The molecule has 0 atom stereocenters. The highest BCUT2D eigenvalue weighted by Crippen LogP contribution is 2.10. The maximum atomic E-state index is 12.0. The number of aromatic nitrogens is 5. The lowest BCUT2D eigenvalue weighted by molar-refractivity contribution is 0.101. The zero-order valence-electron chi connectivity index (χ0n) is 11.8. The van der Waals surface area contributed by atoms with Gasteiger partial charge in [-0.15, -0.1) is 5.10 Å². The Morgan fingerprint density at radius 1 is 1.55 bits per heavy atom. The van der Waals surface area contributed by atoms with Crippen molar-refractivity contribution in [3.05, 3.63) is 24.0 Å². The highest BCUT2D eigenvalue weighted by molar-refractivity contribution is 6.01. The van der Waals surface area contributed by atoms with E-state index in [9.17, 15) is 4.79 Å². The first-order chi connectivity index (χ1) is 9.60. The molecule has 0 spiro atoms. The van der Waals surface area contributed by atoms with Gasteiger partial charge in [-0.05, 0) is 0 Å². The van der Waals surface area contributed by atoms with E-state index in [1.807, 2.05) is 13.8 Å². The van der Waals surface area contributed by atoms with Gasteiger partial charge in [0.05, 0.1) is 25.0 Å². The minimum absolute atomic E-state index is 0.123. The topological polar surface area (TPSA) is 97.7 Å². The second kappa shape index (κ2) is 6.29. The molecule has 0 aliphatic carbocycles. The van der Waals surface area contributed by atoms with Crippen LogP contribution in [0.2, 0.25) is 0 Å². The van der Waals surface area contributed by atoms with Crippen LogP contribution in [0.1, 0.15) is 36.2 Å². The number of hydrogen-bond acceptors (Lipinski definition) is 5. The first-order valence-electron chi connectivity index (χ1n) is 6.35. The van der Waals surface area contributed by atoms with E-state index in [1.54, 1.807) is 24.2 Å². The third kappa shape index (κ3) is 3.41. The minimum Gasteiger partial charge on any atom is -0.383 e. The normalized spacial score (nSPS) is 11.0. The number of amides is 1. The van der Waals surface area contributed by atoms with Gasteiger partial charge in [0.1, 0.15) is 5.82 Å². The van der Waals surface area contributed by atoms with E-state index in [-0.39, 0.29) is 17.6 Å². The van der Waals surface area contributed by atoms with Gasteiger partial charge in [0.25, 0.3) is 5.91 Å². The largest absolute Gasteiger partial charge is 0.383 e. The summed E-state index contributed by atoms with van der Waals surface area (Å²) in [6.45, 7) is 5.14. The average molecular weight is 278 g/mol. The van der Waals surface area contributed by atoms with Crippen LogP contribution in [0.25, 0.3) is 0 Å². The minimum atomic E-state index is -0.362. The van der Waals surface area contributed by atoms with E-state index in [0.29, 0.717) is 24.7 Å². The summed E-state index contributed by atoms with van der Waals surface area (Å²) in [6.07, 6.45) is 3.30. The number of rotatable bonds is 6. The molecule has 20 heavy (non-hydrogen) atoms. The van der Waals surface area contributed by atoms with Crippen molar-refractivity contribution in [2.24, 2.45) is 0 Å². The van der Waals surface area contributed by atoms with Crippen LogP contribution in [-0.2, 0) is 11.3 Å². The van der Waals surface area contributed by atoms with E-state index in [0.717, 1.165) is 0 Å². The molecule has 0 bridgehead atoms. The van der Waals surface area contributed by atoms with Gasteiger partial charge in [-0.2, -0.15) is 5.10 Å². The van der Waals surface area contributed by atoms with E-state index in [4.69, 9.17) is 4.74 Å². The van der Waals surface area contributed by atoms with Crippen molar-refractivity contribution in [1.29, 1.82) is 0 Å². The number of ether oxygens (including phenoxy) is 1. The Labute approximate surface area is 116 Å². The van der Waals surface area contributed by atoms with Crippen molar-refractivity contribution < 1.29 is 9.53 Å². The van der Waals surface area contributed by atoms with Gasteiger partial charge >= 0.3 is 0 Å². The lowest BCUT2D eigenvalue weighted by Crippen LogP contribution is -2.13.